The average molecular weight is 490 g/mol. The van der Waals surface area contributed by atoms with Crippen molar-refractivity contribution in [3.8, 4) is 5.75 Å². The molecule has 186 valence electrons. The molecule has 2 rings (SSSR count). The highest BCUT2D eigenvalue weighted by molar-refractivity contribution is 7.92. The number of para-hydroxylation sites is 2. The van der Waals surface area contributed by atoms with E-state index in [0.29, 0.717) is 12.2 Å². The number of nitrogens with one attached hydrogen (secondary N) is 1. The molecule has 2 aromatic carbocycles. The molecule has 2 amide bonds. The molecular weight excluding hydrogens is 454 g/mol. The van der Waals surface area contributed by atoms with E-state index in [0.717, 1.165) is 21.7 Å². The van der Waals surface area contributed by atoms with E-state index >= 15 is 0 Å². The molecule has 0 saturated carbocycles. The van der Waals surface area contributed by atoms with Gasteiger partial charge < -0.3 is 15.0 Å². The normalized spacial score (nSPS) is 12.2. The molecule has 0 unspecified atom stereocenters. The summed E-state index contributed by atoms with van der Waals surface area (Å²) in [6.45, 7) is 7.21. The smallest absolute Gasteiger partial charge is 0.244 e. The minimum absolute atomic E-state index is 0.0982. The molecule has 8 nitrogen and oxygen atoms in total. The highest BCUT2D eigenvalue weighted by Crippen LogP contribution is 2.29. The number of amides is 2. The highest BCUT2D eigenvalue weighted by atomic mass is 32.2. The van der Waals surface area contributed by atoms with Crippen molar-refractivity contribution < 1.29 is 22.7 Å². The fraction of sp³-hybridized carbons (Fsp3) is 0.440. The monoisotopic (exact) mass is 489 g/mol. The second-order valence-electron chi connectivity index (χ2n) is 8.54. The van der Waals surface area contributed by atoms with E-state index in [-0.39, 0.29) is 24.2 Å². The van der Waals surface area contributed by atoms with Crippen molar-refractivity contribution in [2.75, 3.05) is 24.2 Å². The van der Waals surface area contributed by atoms with Crippen LogP contribution in [0.5, 0.6) is 5.75 Å². The van der Waals surface area contributed by atoms with Gasteiger partial charge in [-0.15, -0.1) is 0 Å². The number of benzene rings is 2. The van der Waals surface area contributed by atoms with Gasteiger partial charge in [0, 0.05) is 12.6 Å². The van der Waals surface area contributed by atoms with Gasteiger partial charge in [0.1, 0.15) is 18.3 Å². The molecule has 0 bridgehead atoms. The highest BCUT2D eigenvalue weighted by Gasteiger charge is 2.32. The summed E-state index contributed by atoms with van der Waals surface area (Å²) < 4.78 is 31.7. The van der Waals surface area contributed by atoms with Gasteiger partial charge >= 0.3 is 0 Å². The number of ether oxygens (including phenoxy) is 1. The Bertz CT molecular complexity index is 1080. The van der Waals surface area contributed by atoms with Crippen molar-refractivity contribution in [2.24, 2.45) is 0 Å². The van der Waals surface area contributed by atoms with Crippen LogP contribution < -0.4 is 14.4 Å². The van der Waals surface area contributed by atoms with Gasteiger partial charge in [0.05, 0.1) is 19.1 Å². The van der Waals surface area contributed by atoms with Crippen LogP contribution in [0.1, 0.15) is 38.3 Å². The zero-order chi connectivity index (χ0) is 25.5. The van der Waals surface area contributed by atoms with Crippen LogP contribution in [0.25, 0.3) is 0 Å². The summed E-state index contributed by atoms with van der Waals surface area (Å²) in [6.07, 6.45) is 1.42. The number of methoxy groups -OCH3 is 1. The molecule has 0 heterocycles. The minimum Gasteiger partial charge on any atom is -0.495 e. The Hall–Kier alpha value is -3.07. The van der Waals surface area contributed by atoms with Gasteiger partial charge in [0.15, 0.2) is 0 Å². The SMILES string of the molecule is CC[C@H](C(=O)NC(C)C)N(Cc1ccc(C)cc1)C(=O)CN(c1ccccc1OC)S(C)(=O)=O. The number of aryl methyl sites for hydroxylation is 1. The number of carbonyl (C=O) groups is 2. The van der Waals surface area contributed by atoms with E-state index in [4.69, 9.17) is 4.74 Å². The number of hydrogen-bond acceptors (Lipinski definition) is 5. The van der Waals surface area contributed by atoms with Gasteiger partial charge in [-0.05, 0) is 44.9 Å². The first-order valence-electron chi connectivity index (χ1n) is 11.2. The van der Waals surface area contributed by atoms with Crippen molar-refractivity contribution in [3.63, 3.8) is 0 Å². The van der Waals surface area contributed by atoms with Crippen LogP contribution in [0.2, 0.25) is 0 Å². The van der Waals surface area contributed by atoms with E-state index in [1.165, 1.54) is 12.0 Å². The van der Waals surface area contributed by atoms with Crippen LogP contribution in [-0.2, 0) is 26.2 Å². The van der Waals surface area contributed by atoms with Gasteiger partial charge in [-0.3, -0.25) is 13.9 Å². The maximum absolute atomic E-state index is 13.6. The zero-order valence-electron chi connectivity index (χ0n) is 20.7. The lowest BCUT2D eigenvalue weighted by molar-refractivity contribution is -0.140. The fourth-order valence-electron chi connectivity index (χ4n) is 3.62. The summed E-state index contributed by atoms with van der Waals surface area (Å²) in [4.78, 5) is 28.1. The number of carbonyl (C=O) groups excluding carboxylic acids is 2. The van der Waals surface area contributed by atoms with Crippen molar-refractivity contribution in [1.29, 1.82) is 0 Å². The Kier molecular flexibility index (Phi) is 9.49. The predicted octanol–water partition coefficient (Wildman–Crippen LogP) is 3.10. The first-order chi connectivity index (χ1) is 16.0. The largest absolute Gasteiger partial charge is 0.495 e. The van der Waals surface area contributed by atoms with Crippen LogP contribution in [0, 0.1) is 6.92 Å². The lowest BCUT2D eigenvalue weighted by atomic mass is 10.1. The molecule has 1 N–H and O–H groups in total. The number of nitrogens with zero attached hydrogens (tertiary/aromatic N) is 2. The Morgan fingerprint density at radius 3 is 2.21 bits per heavy atom. The topological polar surface area (TPSA) is 96.0 Å². The van der Waals surface area contributed by atoms with E-state index in [1.54, 1.807) is 24.3 Å². The number of hydrogen-bond donors (Lipinski definition) is 1. The van der Waals surface area contributed by atoms with Crippen LogP contribution in [-0.4, -0.2) is 57.1 Å². The lowest BCUT2D eigenvalue weighted by Crippen LogP contribution is -2.53. The molecule has 0 saturated heterocycles. The van der Waals surface area contributed by atoms with Crippen molar-refractivity contribution >= 4 is 27.5 Å². The first-order valence-corrected chi connectivity index (χ1v) is 13.1. The molecule has 2 aromatic rings. The minimum atomic E-state index is -3.82. The first kappa shape index (κ1) is 27.2. The molecule has 0 aliphatic carbocycles. The second kappa shape index (κ2) is 11.9. The van der Waals surface area contributed by atoms with Crippen LogP contribution in [0.4, 0.5) is 5.69 Å². The summed E-state index contributed by atoms with van der Waals surface area (Å²) in [5.41, 5.74) is 2.18. The Morgan fingerprint density at radius 2 is 1.68 bits per heavy atom. The molecule has 0 fully saturated rings. The Morgan fingerprint density at radius 1 is 1.06 bits per heavy atom. The summed E-state index contributed by atoms with van der Waals surface area (Å²) in [5.74, 6) is -0.431. The molecule has 0 spiro atoms. The molecule has 1 atom stereocenters. The molecular formula is C25H35N3O5S. The molecule has 0 radical (unpaired) electrons. The molecule has 34 heavy (non-hydrogen) atoms. The summed E-state index contributed by atoms with van der Waals surface area (Å²) in [5, 5.41) is 2.87. The van der Waals surface area contributed by atoms with E-state index in [2.05, 4.69) is 5.32 Å². The Labute approximate surface area is 202 Å². The third-order valence-electron chi connectivity index (χ3n) is 5.32. The van der Waals surface area contributed by atoms with Crippen molar-refractivity contribution in [2.45, 2.75) is 52.7 Å². The van der Waals surface area contributed by atoms with Gasteiger partial charge in [0.25, 0.3) is 0 Å². The zero-order valence-corrected chi connectivity index (χ0v) is 21.6. The van der Waals surface area contributed by atoms with E-state index in [9.17, 15) is 18.0 Å². The number of rotatable bonds is 11. The maximum atomic E-state index is 13.6. The Balaban J connectivity index is 2.47. The standard InChI is InChI=1S/C25H35N3O5S/c1-7-21(25(30)26-18(2)3)27(16-20-14-12-19(4)13-15-20)24(29)17-28(34(6,31)32)22-10-8-9-11-23(22)33-5/h8-15,18,21H,7,16-17H2,1-6H3,(H,26,30)/t21-/m1/s1. The maximum Gasteiger partial charge on any atom is 0.244 e. The summed E-state index contributed by atoms with van der Waals surface area (Å²) in [7, 11) is -2.39. The van der Waals surface area contributed by atoms with Crippen molar-refractivity contribution in [1.82, 2.24) is 10.2 Å². The van der Waals surface area contributed by atoms with Gasteiger partial charge in [-0.2, -0.15) is 0 Å². The predicted molar refractivity (Wildman–Crippen MR) is 134 cm³/mol. The summed E-state index contributed by atoms with van der Waals surface area (Å²) >= 11 is 0. The molecule has 0 aliphatic heterocycles. The van der Waals surface area contributed by atoms with E-state index in [1.807, 2.05) is 52.0 Å². The van der Waals surface area contributed by atoms with Crippen LogP contribution in [0.15, 0.2) is 48.5 Å². The molecule has 9 heteroatoms. The molecule has 0 aliphatic rings. The lowest BCUT2D eigenvalue weighted by Gasteiger charge is -2.33. The van der Waals surface area contributed by atoms with Crippen molar-refractivity contribution in [3.05, 3.63) is 59.7 Å². The fourth-order valence-corrected chi connectivity index (χ4v) is 4.47. The summed E-state index contributed by atoms with van der Waals surface area (Å²) in [6, 6.07) is 13.4. The van der Waals surface area contributed by atoms with Gasteiger partial charge in [0.2, 0.25) is 21.8 Å². The average Bonchev–Trinajstić information content (AvgIpc) is 2.77. The third-order valence-corrected chi connectivity index (χ3v) is 6.45. The van der Waals surface area contributed by atoms with Gasteiger partial charge in [-0.1, -0.05) is 48.9 Å². The quantitative estimate of drug-likeness (QED) is 0.523. The van der Waals surface area contributed by atoms with Crippen LogP contribution in [0.3, 0.4) is 0 Å². The third kappa shape index (κ3) is 7.21. The van der Waals surface area contributed by atoms with Gasteiger partial charge in [-0.25, -0.2) is 8.42 Å². The second-order valence-corrected chi connectivity index (χ2v) is 10.4. The molecule has 0 aromatic heterocycles. The number of sulfonamides is 1. The van der Waals surface area contributed by atoms with Crippen LogP contribution >= 0.6 is 0 Å². The van der Waals surface area contributed by atoms with E-state index < -0.39 is 28.5 Å². The number of anilines is 1.